The van der Waals surface area contributed by atoms with Crippen molar-refractivity contribution < 1.29 is 24.2 Å². The van der Waals surface area contributed by atoms with E-state index in [-0.39, 0.29) is 24.7 Å². The summed E-state index contributed by atoms with van der Waals surface area (Å²) in [7, 11) is 0. The lowest BCUT2D eigenvalue weighted by Gasteiger charge is -2.29. The Balaban J connectivity index is 1.76. The first-order valence-electron chi connectivity index (χ1n) is 11.1. The quantitative estimate of drug-likeness (QED) is 0.311. The summed E-state index contributed by atoms with van der Waals surface area (Å²) in [5.74, 6) is -1.71. The van der Waals surface area contributed by atoms with Gasteiger partial charge in [0.15, 0.2) is 0 Å². The van der Waals surface area contributed by atoms with E-state index in [0.29, 0.717) is 16.7 Å². The summed E-state index contributed by atoms with van der Waals surface area (Å²) in [6, 6.07) is 10.4. The molecule has 0 aliphatic carbocycles. The van der Waals surface area contributed by atoms with E-state index in [0.717, 1.165) is 0 Å². The number of amides is 2. The molecule has 2 amide bonds. The maximum Gasteiger partial charge on any atom is 0.243 e. The van der Waals surface area contributed by atoms with Crippen LogP contribution in [0.4, 0.5) is 4.39 Å². The highest BCUT2D eigenvalue weighted by atomic mass is 19.1. The summed E-state index contributed by atoms with van der Waals surface area (Å²) in [4.78, 5) is 30.0. The Labute approximate surface area is 196 Å². The third kappa shape index (κ3) is 5.53. The average molecular weight is 470 g/mol. The fourth-order valence-electron chi connectivity index (χ4n) is 4.09. The van der Waals surface area contributed by atoms with Crippen LogP contribution in [0.3, 0.4) is 0 Å². The lowest BCUT2D eigenvalue weighted by atomic mass is 10.00. The second-order valence-corrected chi connectivity index (χ2v) is 8.64. The van der Waals surface area contributed by atoms with E-state index in [1.807, 2.05) is 0 Å². The van der Waals surface area contributed by atoms with Crippen LogP contribution in [0.1, 0.15) is 31.9 Å². The topological polar surface area (TPSA) is 139 Å². The van der Waals surface area contributed by atoms with E-state index in [9.17, 15) is 24.2 Å². The molecule has 1 heterocycles. The number of nitrogens with zero attached hydrogens (tertiary/aromatic N) is 4. The number of aliphatic hydroxyl groups excluding tert-OH is 2. The highest BCUT2D eigenvalue weighted by molar-refractivity contribution is 5.91. The molecule has 1 saturated heterocycles. The summed E-state index contributed by atoms with van der Waals surface area (Å²) in [6.45, 7) is 3.00. The van der Waals surface area contributed by atoms with Gasteiger partial charge in [0.05, 0.1) is 18.8 Å². The number of nitrogens with one attached hydrogen (secondary N) is 1. The molecule has 34 heavy (non-hydrogen) atoms. The van der Waals surface area contributed by atoms with Crippen molar-refractivity contribution in [3.8, 4) is 11.1 Å². The largest absolute Gasteiger partial charge is 0.394 e. The molecule has 1 aliphatic rings. The maximum absolute atomic E-state index is 14.1. The smallest absolute Gasteiger partial charge is 0.243 e. The summed E-state index contributed by atoms with van der Waals surface area (Å²) < 4.78 is 14.1. The normalized spacial score (nSPS) is 19.4. The molecule has 0 bridgehead atoms. The standard InChI is InChI=1S/C24H28FN5O4/c1-14(2)22(28-29-26)24(34)30-12-17(32)11-21(30)23(33)27-20(13-31)16-9-7-15(8-10-16)18-5-3-4-6-19(18)25/h3-10,14,17,20-22,31-32H,11-13H2,1-2H3,(H,27,33)/t17-,20+,21+,22+/m1/s1. The van der Waals surface area contributed by atoms with Gasteiger partial charge in [0.25, 0.3) is 0 Å². The number of rotatable bonds is 8. The monoisotopic (exact) mass is 469 g/mol. The number of carbonyl (C=O) groups is 2. The van der Waals surface area contributed by atoms with Gasteiger partial charge in [0, 0.05) is 23.4 Å². The van der Waals surface area contributed by atoms with Crippen LogP contribution >= 0.6 is 0 Å². The van der Waals surface area contributed by atoms with Crippen LogP contribution in [0.25, 0.3) is 21.6 Å². The molecule has 9 nitrogen and oxygen atoms in total. The Hall–Kier alpha value is -3.46. The number of hydrogen-bond donors (Lipinski definition) is 3. The Kier molecular flexibility index (Phi) is 8.22. The number of azide groups is 1. The first-order valence-corrected chi connectivity index (χ1v) is 11.1. The molecule has 4 atom stereocenters. The molecule has 3 rings (SSSR count). The van der Waals surface area contributed by atoms with Crippen LogP contribution in [0, 0.1) is 11.7 Å². The van der Waals surface area contributed by atoms with Crippen LogP contribution in [-0.2, 0) is 9.59 Å². The number of carbonyl (C=O) groups excluding carboxylic acids is 2. The van der Waals surface area contributed by atoms with Crippen molar-refractivity contribution in [3.05, 3.63) is 70.4 Å². The number of benzene rings is 2. The van der Waals surface area contributed by atoms with Crippen molar-refractivity contribution >= 4 is 11.8 Å². The fourth-order valence-corrected chi connectivity index (χ4v) is 4.09. The maximum atomic E-state index is 14.1. The molecule has 1 fully saturated rings. The first-order chi connectivity index (χ1) is 16.3. The van der Waals surface area contributed by atoms with Gasteiger partial charge in [-0.1, -0.05) is 61.4 Å². The number of hydrogen-bond acceptors (Lipinski definition) is 5. The molecule has 3 N–H and O–H groups in total. The highest BCUT2D eigenvalue weighted by Crippen LogP contribution is 2.26. The lowest BCUT2D eigenvalue weighted by molar-refractivity contribution is -0.140. The Morgan fingerprint density at radius 2 is 1.91 bits per heavy atom. The minimum atomic E-state index is -0.995. The van der Waals surface area contributed by atoms with Gasteiger partial charge >= 0.3 is 0 Å². The number of likely N-dealkylation sites (tertiary alicyclic amines) is 1. The van der Waals surface area contributed by atoms with Crippen molar-refractivity contribution in [2.75, 3.05) is 13.2 Å². The van der Waals surface area contributed by atoms with E-state index in [1.165, 1.54) is 11.0 Å². The molecule has 10 heteroatoms. The van der Waals surface area contributed by atoms with Gasteiger partial charge < -0.3 is 20.4 Å². The van der Waals surface area contributed by atoms with Gasteiger partial charge in [-0.2, -0.15) is 0 Å². The Bertz CT molecular complexity index is 1070. The summed E-state index contributed by atoms with van der Waals surface area (Å²) >= 11 is 0. The predicted octanol–water partition coefficient (Wildman–Crippen LogP) is 2.94. The van der Waals surface area contributed by atoms with Crippen molar-refractivity contribution in [2.45, 2.75) is 44.5 Å². The van der Waals surface area contributed by atoms with Crippen molar-refractivity contribution in [2.24, 2.45) is 11.0 Å². The fraction of sp³-hybridized carbons (Fsp3) is 0.417. The zero-order valence-corrected chi connectivity index (χ0v) is 19.0. The van der Waals surface area contributed by atoms with E-state index < -0.39 is 42.7 Å². The zero-order valence-electron chi connectivity index (χ0n) is 19.0. The number of aliphatic hydroxyl groups is 2. The SMILES string of the molecule is CC(C)[C@H](N=[N+]=[N-])C(=O)N1C[C@H](O)C[C@H]1C(=O)N[C@@H](CO)c1ccc(-c2ccccc2F)cc1. The van der Waals surface area contributed by atoms with Crippen LogP contribution in [-0.4, -0.2) is 58.3 Å². The molecule has 180 valence electrons. The van der Waals surface area contributed by atoms with Crippen LogP contribution < -0.4 is 5.32 Å². The van der Waals surface area contributed by atoms with E-state index in [4.69, 9.17) is 5.53 Å². The summed E-state index contributed by atoms with van der Waals surface area (Å²) in [6.07, 6.45) is -0.866. The third-order valence-electron chi connectivity index (χ3n) is 5.92. The Morgan fingerprint density at radius 1 is 1.24 bits per heavy atom. The van der Waals surface area contributed by atoms with Gasteiger partial charge in [-0.15, -0.1) is 0 Å². The Morgan fingerprint density at radius 3 is 2.50 bits per heavy atom. The zero-order chi connectivity index (χ0) is 24.8. The molecule has 2 aromatic rings. The van der Waals surface area contributed by atoms with Crippen LogP contribution in [0.15, 0.2) is 53.6 Å². The van der Waals surface area contributed by atoms with Gasteiger partial charge in [-0.25, -0.2) is 4.39 Å². The molecule has 2 aromatic carbocycles. The molecule has 0 spiro atoms. The summed E-state index contributed by atoms with van der Waals surface area (Å²) in [5, 5.41) is 26.3. The predicted molar refractivity (Wildman–Crippen MR) is 124 cm³/mol. The highest BCUT2D eigenvalue weighted by Gasteiger charge is 2.42. The molecule has 0 aromatic heterocycles. The van der Waals surface area contributed by atoms with Gasteiger partial charge in [-0.3, -0.25) is 9.59 Å². The van der Waals surface area contributed by atoms with Crippen LogP contribution in [0.2, 0.25) is 0 Å². The van der Waals surface area contributed by atoms with E-state index in [1.54, 1.807) is 56.3 Å². The lowest BCUT2D eigenvalue weighted by Crippen LogP contribution is -2.50. The molecule has 0 radical (unpaired) electrons. The second kappa shape index (κ2) is 11.1. The van der Waals surface area contributed by atoms with Gasteiger partial charge in [0.2, 0.25) is 11.8 Å². The van der Waals surface area contributed by atoms with E-state index >= 15 is 0 Å². The van der Waals surface area contributed by atoms with E-state index in [2.05, 4.69) is 15.3 Å². The van der Waals surface area contributed by atoms with Gasteiger partial charge in [-0.05, 0) is 28.6 Å². The minimum Gasteiger partial charge on any atom is -0.394 e. The number of halogens is 1. The molecule has 1 aliphatic heterocycles. The second-order valence-electron chi connectivity index (χ2n) is 8.64. The molecular formula is C24H28FN5O4. The third-order valence-corrected chi connectivity index (χ3v) is 5.92. The van der Waals surface area contributed by atoms with Crippen molar-refractivity contribution in [3.63, 3.8) is 0 Å². The molecule has 0 saturated carbocycles. The van der Waals surface area contributed by atoms with Crippen molar-refractivity contribution in [1.29, 1.82) is 0 Å². The molecule has 0 unspecified atom stereocenters. The first kappa shape index (κ1) is 25.2. The number of β-amino-alcohol motifs (C(OH)–C–C–N with tert-alkyl or cyclic N) is 1. The molecular weight excluding hydrogens is 441 g/mol. The van der Waals surface area contributed by atoms with Crippen molar-refractivity contribution in [1.82, 2.24) is 10.2 Å². The van der Waals surface area contributed by atoms with Crippen LogP contribution in [0.5, 0.6) is 0 Å². The minimum absolute atomic E-state index is 0.0308. The summed E-state index contributed by atoms with van der Waals surface area (Å²) in [5.41, 5.74) is 10.5. The average Bonchev–Trinajstić information content (AvgIpc) is 3.22. The van der Waals surface area contributed by atoms with Gasteiger partial charge in [0.1, 0.15) is 17.9 Å².